The molecular formula is C19H18ClN3O4. The van der Waals surface area contributed by atoms with Crippen LogP contribution in [0.4, 0.5) is 5.69 Å². The Morgan fingerprint density at radius 2 is 1.96 bits per heavy atom. The Labute approximate surface area is 162 Å². The summed E-state index contributed by atoms with van der Waals surface area (Å²) in [5.74, 6) is -0.0923. The van der Waals surface area contributed by atoms with E-state index in [4.69, 9.17) is 26.3 Å². The summed E-state index contributed by atoms with van der Waals surface area (Å²) in [6, 6.07) is 13.4. The lowest BCUT2D eigenvalue weighted by Gasteiger charge is -2.18. The summed E-state index contributed by atoms with van der Waals surface area (Å²) in [5, 5.41) is 12.0. The monoisotopic (exact) mass is 387 g/mol. The molecule has 0 aliphatic carbocycles. The van der Waals surface area contributed by atoms with E-state index in [2.05, 4.69) is 5.32 Å². The first-order valence-corrected chi connectivity index (χ1v) is 8.31. The average Bonchev–Trinajstić information content (AvgIpc) is 2.67. The van der Waals surface area contributed by atoms with Crippen LogP contribution >= 0.6 is 11.6 Å². The highest BCUT2D eigenvalue weighted by Crippen LogP contribution is 2.27. The second-order valence-electron chi connectivity index (χ2n) is 5.54. The van der Waals surface area contributed by atoms with Crippen molar-refractivity contribution in [1.82, 2.24) is 4.90 Å². The highest BCUT2D eigenvalue weighted by molar-refractivity contribution is 6.33. The average molecular weight is 388 g/mol. The van der Waals surface area contributed by atoms with Crippen LogP contribution in [0.25, 0.3) is 0 Å². The number of nitrogens with zero attached hydrogens (tertiary/aromatic N) is 2. The molecule has 0 fully saturated rings. The van der Waals surface area contributed by atoms with Crippen molar-refractivity contribution in [2.45, 2.75) is 0 Å². The van der Waals surface area contributed by atoms with E-state index in [9.17, 15) is 9.59 Å². The molecule has 1 N–H and O–H groups in total. The molecule has 140 valence electrons. The molecule has 0 atom stereocenters. The van der Waals surface area contributed by atoms with Crippen LogP contribution in [0.5, 0.6) is 11.5 Å². The van der Waals surface area contributed by atoms with Crippen LogP contribution in [0.3, 0.4) is 0 Å². The number of carbonyl (C=O) groups is 2. The van der Waals surface area contributed by atoms with Gasteiger partial charge in [0, 0.05) is 13.1 Å². The van der Waals surface area contributed by atoms with Gasteiger partial charge in [-0.25, -0.2) is 0 Å². The number of anilines is 1. The molecule has 2 amide bonds. The van der Waals surface area contributed by atoms with E-state index in [-0.39, 0.29) is 19.1 Å². The number of para-hydroxylation sites is 1. The number of carbonyl (C=O) groups excluding carboxylic acids is 2. The molecule has 2 rings (SSSR count). The summed E-state index contributed by atoms with van der Waals surface area (Å²) in [6.07, 6.45) is 0. The number of rotatable bonds is 7. The first kappa shape index (κ1) is 20.1. The normalized spacial score (nSPS) is 9.85. The predicted octanol–water partition coefficient (Wildman–Crippen LogP) is 2.70. The molecule has 27 heavy (non-hydrogen) atoms. The fraction of sp³-hybridized carbons (Fsp3) is 0.211. The molecule has 0 aliphatic rings. The van der Waals surface area contributed by atoms with E-state index in [1.807, 2.05) is 6.07 Å². The van der Waals surface area contributed by atoms with Gasteiger partial charge in [0.05, 0.1) is 36.0 Å². The van der Waals surface area contributed by atoms with Crippen LogP contribution < -0.4 is 14.8 Å². The van der Waals surface area contributed by atoms with Crippen molar-refractivity contribution in [1.29, 1.82) is 5.26 Å². The molecule has 0 saturated carbocycles. The number of nitrogens with one attached hydrogen (secondary N) is 1. The third-order valence-corrected chi connectivity index (χ3v) is 3.93. The topological polar surface area (TPSA) is 91.7 Å². The maximum Gasteiger partial charge on any atom is 0.260 e. The molecule has 2 aromatic rings. The molecule has 0 unspecified atom stereocenters. The van der Waals surface area contributed by atoms with Crippen molar-refractivity contribution in [2.75, 3.05) is 32.6 Å². The van der Waals surface area contributed by atoms with Crippen molar-refractivity contribution in [3.8, 4) is 17.6 Å². The first-order valence-electron chi connectivity index (χ1n) is 7.94. The minimum absolute atomic E-state index is 0.155. The van der Waals surface area contributed by atoms with E-state index in [1.165, 1.54) is 25.1 Å². The van der Waals surface area contributed by atoms with E-state index in [0.29, 0.717) is 27.8 Å². The molecule has 0 spiro atoms. The number of hydrogen-bond acceptors (Lipinski definition) is 5. The van der Waals surface area contributed by atoms with Crippen molar-refractivity contribution in [3.05, 3.63) is 53.1 Å². The smallest absolute Gasteiger partial charge is 0.260 e. The lowest BCUT2D eigenvalue weighted by atomic mass is 10.2. The Balaban J connectivity index is 1.89. The van der Waals surface area contributed by atoms with Gasteiger partial charge >= 0.3 is 0 Å². The zero-order valence-corrected chi connectivity index (χ0v) is 15.6. The summed E-state index contributed by atoms with van der Waals surface area (Å²) >= 11 is 5.99. The summed E-state index contributed by atoms with van der Waals surface area (Å²) in [4.78, 5) is 25.5. The summed E-state index contributed by atoms with van der Waals surface area (Å²) in [7, 11) is 2.93. The van der Waals surface area contributed by atoms with Crippen molar-refractivity contribution >= 4 is 29.1 Å². The molecule has 0 radical (unpaired) electrons. The molecule has 0 saturated heterocycles. The molecular weight excluding hydrogens is 370 g/mol. The van der Waals surface area contributed by atoms with Gasteiger partial charge in [0.2, 0.25) is 5.91 Å². The molecule has 0 heterocycles. The molecule has 0 bridgehead atoms. The molecule has 0 aromatic heterocycles. The van der Waals surface area contributed by atoms with E-state index >= 15 is 0 Å². The number of likely N-dealkylation sites (N-methyl/N-ethyl adjacent to an activating group) is 1. The van der Waals surface area contributed by atoms with Crippen LogP contribution in [0.1, 0.15) is 5.56 Å². The molecule has 8 heteroatoms. The van der Waals surface area contributed by atoms with E-state index in [1.54, 1.807) is 36.4 Å². The van der Waals surface area contributed by atoms with Gasteiger partial charge in [-0.3, -0.25) is 9.59 Å². The van der Waals surface area contributed by atoms with Gasteiger partial charge in [0.15, 0.2) is 18.1 Å². The number of nitriles is 1. The summed E-state index contributed by atoms with van der Waals surface area (Å²) in [6.45, 7) is -0.434. The fourth-order valence-corrected chi connectivity index (χ4v) is 2.34. The third kappa shape index (κ3) is 5.62. The Bertz CT molecular complexity index is 879. The van der Waals surface area contributed by atoms with Gasteiger partial charge < -0.3 is 19.7 Å². The highest BCUT2D eigenvalue weighted by Gasteiger charge is 2.15. The fourth-order valence-electron chi connectivity index (χ4n) is 2.16. The molecule has 0 aliphatic heterocycles. The number of methoxy groups -OCH3 is 1. The van der Waals surface area contributed by atoms with Gasteiger partial charge in [-0.05, 0) is 24.3 Å². The number of benzene rings is 2. The van der Waals surface area contributed by atoms with Crippen LogP contribution in [-0.4, -0.2) is 44.0 Å². The van der Waals surface area contributed by atoms with E-state index in [0.717, 1.165) is 0 Å². The Morgan fingerprint density at radius 3 is 2.63 bits per heavy atom. The van der Waals surface area contributed by atoms with Crippen molar-refractivity contribution in [2.24, 2.45) is 0 Å². The van der Waals surface area contributed by atoms with Crippen LogP contribution in [0, 0.1) is 11.3 Å². The zero-order valence-electron chi connectivity index (χ0n) is 14.9. The van der Waals surface area contributed by atoms with Gasteiger partial charge in [-0.1, -0.05) is 23.7 Å². The second-order valence-corrected chi connectivity index (χ2v) is 5.95. The Kier molecular flexibility index (Phi) is 7.03. The third-order valence-electron chi connectivity index (χ3n) is 3.60. The quantitative estimate of drug-likeness (QED) is 0.788. The maximum atomic E-state index is 12.2. The van der Waals surface area contributed by atoms with Crippen LogP contribution in [0.2, 0.25) is 5.02 Å². The van der Waals surface area contributed by atoms with Crippen LogP contribution in [0.15, 0.2) is 42.5 Å². The minimum atomic E-state index is -0.393. The van der Waals surface area contributed by atoms with Gasteiger partial charge in [0.1, 0.15) is 0 Å². The highest BCUT2D eigenvalue weighted by atomic mass is 35.5. The minimum Gasteiger partial charge on any atom is -0.493 e. The van der Waals surface area contributed by atoms with E-state index < -0.39 is 5.91 Å². The van der Waals surface area contributed by atoms with Crippen LogP contribution in [-0.2, 0) is 9.59 Å². The van der Waals surface area contributed by atoms with Gasteiger partial charge in [-0.15, -0.1) is 0 Å². The van der Waals surface area contributed by atoms with Gasteiger partial charge in [0.25, 0.3) is 5.91 Å². The number of ether oxygens (including phenoxy) is 2. The summed E-state index contributed by atoms with van der Waals surface area (Å²) in [5.41, 5.74) is 0.891. The standard InChI is InChI=1S/C19H18ClN3O4/c1-23(11-18(24)22-15-6-4-3-5-14(15)20)19(25)12-27-16-8-7-13(10-21)9-17(16)26-2/h3-9H,11-12H2,1-2H3,(H,22,24). The largest absolute Gasteiger partial charge is 0.493 e. The van der Waals surface area contributed by atoms with Gasteiger partial charge in [-0.2, -0.15) is 5.26 Å². The molecule has 7 nitrogen and oxygen atoms in total. The lowest BCUT2D eigenvalue weighted by molar-refractivity contribution is -0.135. The second kappa shape index (κ2) is 9.46. The van der Waals surface area contributed by atoms with Crippen molar-refractivity contribution < 1.29 is 19.1 Å². The molecule has 2 aromatic carbocycles. The Morgan fingerprint density at radius 1 is 1.22 bits per heavy atom. The SMILES string of the molecule is COc1cc(C#N)ccc1OCC(=O)N(C)CC(=O)Nc1ccccc1Cl. The summed E-state index contributed by atoms with van der Waals surface area (Å²) < 4.78 is 10.6. The maximum absolute atomic E-state index is 12.2. The predicted molar refractivity (Wildman–Crippen MR) is 101 cm³/mol. The lowest BCUT2D eigenvalue weighted by Crippen LogP contribution is -2.37. The number of amides is 2. The number of halogens is 1. The zero-order chi connectivity index (χ0) is 19.8. The van der Waals surface area contributed by atoms with Crippen molar-refractivity contribution in [3.63, 3.8) is 0 Å². The first-order chi connectivity index (χ1) is 12.9. The number of hydrogen-bond donors (Lipinski definition) is 1. The Hall–Kier alpha value is -3.24.